The van der Waals surface area contributed by atoms with Gasteiger partial charge in [-0.25, -0.2) is 18.6 Å². The van der Waals surface area contributed by atoms with E-state index in [9.17, 15) is 31.5 Å². The first kappa shape index (κ1) is 24.1. The maximum Gasteiger partial charge on any atom is 0.434 e. The zero-order valence-electron chi connectivity index (χ0n) is 15.7. The third-order valence-electron chi connectivity index (χ3n) is 3.40. The Kier molecular flexibility index (Phi) is 8.65. The van der Waals surface area contributed by atoms with Crippen LogP contribution in [0, 0.1) is 5.92 Å². The van der Waals surface area contributed by atoms with Gasteiger partial charge < -0.3 is 10.1 Å². The fourth-order valence-electron chi connectivity index (χ4n) is 2.46. The van der Waals surface area contributed by atoms with Gasteiger partial charge >= 0.3 is 12.1 Å². The van der Waals surface area contributed by atoms with Crippen LogP contribution in [-0.2, 0) is 17.3 Å². The number of pyridine rings is 1. The molecule has 0 saturated carbocycles. The van der Waals surface area contributed by atoms with Crippen LogP contribution < -0.4 is 5.32 Å². The van der Waals surface area contributed by atoms with Crippen molar-refractivity contribution in [1.29, 1.82) is 0 Å². The maximum absolute atomic E-state index is 13.5. The van der Waals surface area contributed by atoms with Crippen LogP contribution in [0.5, 0.6) is 0 Å². The molecule has 0 saturated heterocycles. The van der Waals surface area contributed by atoms with Gasteiger partial charge in [0.25, 0.3) is 11.7 Å². The highest BCUT2D eigenvalue weighted by molar-refractivity contribution is 8.13. The van der Waals surface area contributed by atoms with Crippen LogP contribution in [0.15, 0.2) is 0 Å². The van der Waals surface area contributed by atoms with E-state index in [4.69, 9.17) is 4.74 Å². The number of rotatable bonds is 7. The van der Waals surface area contributed by atoms with Gasteiger partial charge in [-0.3, -0.25) is 4.79 Å². The molecule has 1 N–H and O–H groups in total. The van der Waals surface area contributed by atoms with Crippen LogP contribution in [-0.4, -0.2) is 28.6 Å². The van der Waals surface area contributed by atoms with E-state index in [1.54, 1.807) is 20.8 Å². The van der Waals surface area contributed by atoms with Crippen molar-refractivity contribution >= 4 is 28.7 Å². The number of ether oxygens (including phenoxy) is 1. The quantitative estimate of drug-likeness (QED) is 0.446. The number of hydrogen-bond donors (Lipinski definition) is 1. The Bertz CT molecular complexity index is 724. The Morgan fingerprint density at radius 3 is 2.25 bits per heavy atom. The number of nitrogens with zero attached hydrogens (tertiary/aromatic N) is 1. The predicted molar refractivity (Wildman–Crippen MR) is 95.8 cm³/mol. The third kappa shape index (κ3) is 6.05. The first-order valence-electron chi connectivity index (χ1n) is 8.46. The fraction of sp³-hybridized carbons (Fsp3) is 0.588. The summed E-state index contributed by atoms with van der Waals surface area (Å²) in [6, 6.07) is 0. The summed E-state index contributed by atoms with van der Waals surface area (Å²) < 4.78 is 72.3. The number of carbonyl (C=O) groups is 2. The Balaban J connectivity index is 3.90. The van der Waals surface area contributed by atoms with Crippen LogP contribution in [0.25, 0.3) is 0 Å². The highest BCUT2D eigenvalue weighted by Gasteiger charge is 2.42. The van der Waals surface area contributed by atoms with Crippen molar-refractivity contribution < 1.29 is 36.3 Å². The molecule has 0 aliphatic rings. The molecule has 5 nitrogen and oxygen atoms in total. The van der Waals surface area contributed by atoms with Crippen molar-refractivity contribution in [3.8, 4) is 0 Å². The lowest BCUT2D eigenvalue weighted by atomic mass is 9.94. The molecule has 158 valence electrons. The number of aromatic nitrogens is 1. The van der Waals surface area contributed by atoms with Crippen LogP contribution in [0.3, 0.4) is 0 Å². The zero-order valence-corrected chi connectivity index (χ0v) is 16.6. The molecule has 0 aliphatic heterocycles. The van der Waals surface area contributed by atoms with Gasteiger partial charge in [-0.2, -0.15) is 13.2 Å². The lowest BCUT2D eigenvalue weighted by molar-refractivity contribution is -0.142. The molecular weight excluding hydrogens is 407 g/mol. The lowest BCUT2D eigenvalue weighted by Gasteiger charge is -2.22. The molecule has 0 aliphatic carbocycles. The molecule has 0 radical (unpaired) electrons. The standard InChI is InChI=1S/C17H21F5N2O3S/c1-5-27-15(25)10-9(7-8(3)4)11(24-16(26)28-6-2)12(14(18)19)23-13(10)17(20,21)22/h8,14H,5-7H2,1-4H3,(H,24,26). The first-order valence-corrected chi connectivity index (χ1v) is 9.45. The molecule has 1 rings (SSSR count). The monoisotopic (exact) mass is 428 g/mol. The number of alkyl halides is 5. The van der Waals surface area contributed by atoms with Gasteiger partial charge in [-0.1, -0.05) is 32.5 Å². The molecule has 0 fully saturated rings. The summed E-state index contributed by atoms with van der Waals surface area (Å²) in [7, 11) is 0. The number of halogens is 5. The number of anilines is 1. The van der Waals surface area contributed by atoms with Crippen molar-refractivity contribution in [1.82, 2.24) is 4.98 Å². The average molecular weight is 428 g/mol. The van der Waals surface area contributed by atoms with E-state index < -0.39 is 46.4 Å². The topological polar surface area (TPSA) is 68.3 Å². The summed E-state index contributed by atoms with van der Waals surface area (Å²) in [5, 5.41) is 1.44. The summed E-state index contributed by atoms with van der Waals surface area (Å²) in [4.78, 5) is 27.3. The Hall–Kier alpha value is -1.91. The summed E-state index contributed by atoms with van der Waals surface area (Å²) in [5.74, 6) is -1.33. The molecule has 1 amide bonds. The van der Waals surface area contributed by atoms with Crippen molar-refractivity contribution in [2.45, 2.75) is 46.7 Å². The van der Waals surface area contributed by atoms with E-state index in [2.05, 4.69) is 10.3 Å². The third-order valence-corrected chi connectivity index (χ3v) is 4.05. The second-order valence-corrected chi connectivity index (χ2v) is 7.27. The average Bonchev–Trinajstić information content (AvgIpc) is 2.54. The molecule has 0 bridgehead atoms. The molecule has 1 aromatic rings. The fourth-order valence-corrected chi connectivity index (χ4v) is 2.90. The minimum absolute atomic E-state index is 0.175. The van der Waals surface area contributed by atoms with E-state index in [-0.39, 0.29) is 24.5 Å². The Morgan fingerprint density at radius 2 is 1.82 bits per heavy atom. The Labute approximate surface area is 163 Å². The molecule has 1 heterocycles. The van der Waals surface area contributed by atoms with Gasteiger partial charge in [0.1, 0.15) is 5.69 Å². The van der Waals surface area contributed by atoms with Crippen LogP contribution >= 0.6 is 11.8 Å². The number of hydrogen-bond acceptors (Lipinski definition) is 5. The van der Waals surface area contributed by atoms with Gasteiger partial charge in [0, 0.05) is 0 Å². The molecule has 0 spiro atoms. The predicted octanol–water partition coefficient (Wildman–Crippen LogP) is 5.70. The zero-order chi connectivity index (χ0) is 21.6. The van der Waals surface area contributed by atoms with Gasteiger partial charge in [0.15, 0.2) is 5.69 Å². The van der Waals surface area contributed by atoms with Gasteiger partial charge in [0.2, 0.25) is 0 Å². The molecule has 1 aromatic heterocycles. The van der Waals surface area contributed by atoms with E-state index >= 15 is 0 Å². The van der Waals surface area contributed by atoms with Gasteiger partial charge in [-0.05, 0) is 30.6 Å². The van der Waals surface area contributed by atoms with Gasteiger partial charge in [-0.15, -0.1) is 0 Å². The largest absolute Gasteiger partial charge is 0.462 e. The number of amides is 1. The molecule has 0 unspecified atom stereocenters. The number of nitrogens with one attached hydrogen (secondary N) is 1. The van der Waals surface area contributed by atoms with Crippen LogP contribution in [0.2, 0.25) is 0 Å². The number of carbonyl (C=O) groups excluding carboxylic acids is 2. The van der Waals surface area contributed by atoms with E-state index in [1.807, 2.05) is 0 Å². The summed E-state index contributed by atoms with van der Waals surface area (Å²) in [6.07, 6.45) is -8.74. The minimum atomic E-state index is -5.17. The molecule has 28 heavy (non-hydrogen) atoms. The second kappa shape index (κ2) is 10.0. The highest BCUT2D eigenvalue weighted by atomic mass is 32.2. The van der Waals surface area contributed by atoms with E-state index in [0.29, 0.717) is 5.75 Å². The normalized spacial score (nSPS) is 11.8. The maximum atomic E-state index is 13.5. The van der Waals surface area contributed by atoms with Gasteiger partial charge in [0.05, 0.1) is 17.9 Å². The van der Waals surface area contributed by atoms with E-state index in [1.165, 1.54) is 6.92 Å². The summed E-state index contributed by atoms with van der Waals surface area (Å²) in [6.45, 7) is 6.09. The van der Waals surface area contributed by atoms with Crippen molar-refractivity contribution in [2.75, 3.05) is 17.7 Å². The number of thioether (sulfide) groups is 1. The Morgan fingerprint density at radius 1 is 1.21 bits per heavy atom. The van der Waals surface area contributed by atoms with Crippen LogP contribution in [0.4, 0.5) is 32.4 Å². The minimum Gasteiger partial charge on any atom is -0.462 e. The molecule has 0 aromatic carbocycles. The molecule has 0 atom stereocenters. The second-order valence-electron chi connectivity index (χ2n) is 6.04. The van der Waals surface area contributed by atoms with E-state index in [0.717, 1.165) is 11.8 Å². The van der Waals surface area contributed by atoms with Crippen LogP contribution in [0.1, 0.15) is 61.4 Å². The smallest absolute Gasteiger partial charge is 0.434 e. The number of esters is 1. The molecule has 11 heteroatoms. The summed E-state index contributed by atoms with van der Waals surface area (Å²) >= 11 is 0.747. The first-order chi connectivity index (χ1) is 12.9. The highest BCUT2D eigenvalue weighted by Crippen LogP contribution is 2.40. The SMILES string of the molecule is CCOC(=O)c1c(C(F)(F)F)nc(C(F)F)c(NC(=O)SCC)c1CC(C)C. The van der Waals surface area contributed by atoms with Crippen molar-refractivity contribution in [3.63, 3.8) is 0 Å². The van der Waals surface area contributed by atoms with Crippen molar-refractivity contribution in [2.24, 2.45) is 5.92 Å². The lowest BCUT2D eigenvalue weighted by Crippen LogP contribution is -2.24. The summed E-state index contributed by atoms with van der Waals surface area (Å²) in [5.41, 5.74) is -4.88. The van der Waals surface area contributed by atoms with Crippen molar-refractivity contribution in [3.05, 3.63) is 22.5 Å². The molecular formula is C17H21F5N2O3S.